The summed E-state index contributed by atoms with van der Waals surface area (Å²) in [6.07, 6.45) is 1.69. The molecule has 13 heteroatoms. The van der Waals surface area contributed by atoms with Crippen molar-refractivity contribution in [2.75, 3.05) is 76.3 Å². The fourth-order valence-electron chi connectivity index (χ4n) is 6.51. The number of carbonyl (C=O) groups excluding carboxylic acids is 2. The number of phenols is 2. The predicted octanol–water partition coefficient (Wildman–Crippen LogP) is 2.39. The van der Waals surface area contributed by atoms with E-state index in [0.29, 0.717) is 30.8 Å². The van der Waals surface area contributed by atoms with Gasteiger partial charge in [0, 0.05) is 43.9 Å². The summed E-state index contributed by atoms with van der Waals surface area (Å²) in [5.41, 5.74) is 4.70. The number of hydrogen-bond acceptors (Lipinski definition) is 11. The molecule has 0 bridgehead atoms. The molecule has 1 saturated heterocycles. The fourth-order valence-corrected chi connectivity index (χ4v) is 6.51. The Hall–Kier alpha value is -4.08. The predicted molar refractivity (Wildman–Crippen MR) is 200 cm³/mol. The summed E-state index contributed by atoms with van der Waals surface area (Å²) in [5.74, 6) is -3.22. The van der Waals surface area contributed by atoms with E-state index in [9.17, 15) is 40.2 Å². The molecule has 3 aromatic rings. The van der Waals surface area contributed by atoms with E-state index in [1.165, 1.54) is 5.56 Å². The van der Waals surface area contributed by atoms with Crippen molar-refractivity contribution >= 4 is 23.2 Å². The molecule has 0 aromatic heterocycles. The van der Waals surface area contributed by atoms with Crippen molar-refractivity contribution in [1.82, 2.24) is 14.7 Å². The van der Waals surface area contributed by atoms with Crippen LogP contribution >= 0.6 is 0 Å². The van der Waals surface area contributed by atoms with Gasteiger partial charge in [0.05, 0.1) is 49.6 Å². The second-order valence-electron chi connectivity index (χ2n) is 13.8. The van der Waals surface area contributed by atoms with Gasteiger partial charge < -0.3 is 41.3 Å². The van der Waals surface area contributed by atoms with Gasteiger partial charge in [0.25, 0.3) is 0 Å². The van der Waals surface area contributed by atoms with Crippen LogP contribution in [0.2, 0.25) is 0 Å². The number of phenolic OH excluding ortho intramolecular Hbond substituents is 2. The molecule has 0 saturated carbocycles. The second-order valence-corrected chi connectivity index (χ2v) is 13.8. The van der Waals surface area contributed by atoms with Gasteiger partial charge in [-0.15, -0.1) is 0 Å². The van der Waals surface area contributed by atoms with Crippen molar-refractivity contribution in [3.8, 4) is 11.5 Å². The molecule has 1 aliphatic heterocycles. The Morgan fingerprint density at radius 1 is 0.596 bits per heavy atom. The maximum absolute atomic E-state index is 12.6. The number of amides is 2. The van der Waals surface area contributed by atoms with E-state index < -0.39 is 50.1 Å². The highest BCUT2D eigenvalue weighted by molar-refractivity contribution is 5.95. The first-order chi connectivity index (χ1) is 25.0. The second kappa shape index (κ2) is 20.2. The van der Waals surface area contributed by atoms with E-state index in [-0.39, 0.29) is 22.9 Å². The van der Waals surface area contributed by atoms with Crippen LogP contribution < -0.4 is 10.6 Å². The number of nitrogens with one attached hydrogen (secondary N) is 2. The third kappa shape index (κ3) is 11.7. The maximum atomic E-state index is 12.6. The summed E-state index contributed by atoms with van der Waals surface area (Å²) in [6.45, 7) is 7.99. The minimum Gasteiger partial charge on any atom is -0.505 e. The van der Waals surface area contributed by atoms with Crippen LogP contribution in [0, 0.1) is 25.7 Å². The van der Waals surface area contributed by atoms with Crippen LogP contribution in [0.15, 0.2) is 54.6 Å². The van der Waals surface area contributed by atoms with Gasteiger partial charge in [-0.2, -0.15) is 0 Å². The molecule has 52 heavy (non-hydrogen) atoms. The third-order valence-electron chi connectivity index (χ3n) is 9.47. The minimum absolute atomic E-state index is 0.0441. The van der Waals surface area contributed by atoms with Crippen LogP contribution in [0.4, 0.5) is 11.4 Å². The molecule has 3 aromatic carbocycles. The zero-order chi connectivity index (χ0) is 37.6. The SMILES string of the molecule is Cc1cc(CN2CCCN(Cc3ccccc3)CCN(Cc3cc(C)cc(NC(=O)C(CO)CO)c3O)CCC2)c(O)c(NC(=O)C(CO)CO)c1. The molecular weight excluding hydrogens is 666 g/mol. The molecule has 0 aliphatic carbocycles. The van der Waals surface area contributed by atoms with Crippen LogP contribution in [0.1, 0.15) is 40.7 Å². The van der Waals surface area contributed by atoms with E-state index >= 15 is 0 Å². The summed E-state index contributed by atoms with van der Waals surface area (Å²) in [6, 6.07) is 17.5. The summed E-state index contributed by atoms with van der Waals surface area (Å²) in [5, 5.41) is 65.7. The fraction of sp³-hybridized carbons (Fsp3) is 0.487. The topological polar surface area (TPSA) is 189 Å². The van der Waals surface area contributed by atoms with E-state index in [1.807, 2.05) is 44.2 Å². The van der Waals surface area contributed by atoms with Crippen LogP contribution in [0.25, 0.3) is 0 Å². The number of aromatic hydroxyl groups is 2. The Kier molecular flexibility index (Phi) is 15.8. The van der Waals surface area contributed by atoms with Gasteiger partial charge in [-0.1, -0.05) is 42.5 Å². The van der Waals surface area contributed by atoms with Gasteiger partial charge in [-0.05, 0) is 81.7 Å². The lowest BCUT2D eigenvalue weighted by Gasteiger charge is -2.28. The number of anilines is 2. The monoisotopic (exact) mass is 721 g/mol. The maximum Gasteiger partial charge on any atom is 0.232 e. The summed E-state index contributed by atoms with van der Waals surface area (Å²) < 4.78 is 0. The normalized spacial score (nSPS) is 15.5. The average Bonchev–Trinajstić information content (AvgIpc) is 3.15. The van der Waals surface area contributed by atoms with Gasteiger partial charge in [0.15, 0.2) is 0 Å². The first-order valence-corrected chi connectivity index (χ1v) is 18.0. The van der Waals surface area contributed by atoms with Crippen molar-refractivity contribution in [3.05, 3.63) is 82.4 Å². The third-order valence-corrected chi connectivity index (χ3v) is 9.47. The number of hydrogen-bond donors (Lipinski definition) is 8. The summed E-state index contributed by atoms with van der Waals surface area (Å²) in [4.78, 5) is 32.2. The number of aliphatic hydroxyl groups excluding tert-OH is 4. The highest BCUT2D eigenvalue weighted by Crippen LogP contribution is 2.32. The largest absolute Gasteiger partial charge is 0.505 e. The molecular formula is C39H55N5O8. The smallest absolute Gasteiger partial charge is 0.232 e. The highest BCUT2D eigenvalue weighted by Gasteiger charge is 2.23. The molecule has 8 N–H and O–H groups in total. The highest BCUT2D eigenvalue weighted by atomic mass is 16.3. The van der Waals surface area contributed by atoms with E-state index in [4.69, 9.17) is 0 Å². The van der Waals surface area contributed by atoms with Crippen LogP contribution in [-0.2, 0) is 29.2 Å². The van der Waals surface area contributed by atoms with E-state index in [2.05, 4.69) is 37.5 Å². The van der Waals surface area contributed by atoms with Crippen molar-refractivity contribution < 1.29 is 40.2 Å². The number of carbonyl (C=O) groups is 2. The number of benzene rings is 3. The lowest BCUT2D eigenvalue weighted by Crippen LogP contribution is -2.35. The van der Waals surface area contributed by atoms with Gasteiger partial charge in [0.2, 0.25) is 11.8 Å². The lowest BCUT2D eigenvalue weighted by molar-refractivity contribution is -0.123. The van der Waals surface area contributed by atoms with E-state index in [0.717, 1.165) is 63.2 Å². The van der Waals surface area contributed by atoms with Crippen molar-refractivity contribution in [1.29, 1.82) is 0 Å². The van der Waals surface area contributed by atoms with Gasteiger partial charge in [-0.25, -0.2) is 0 Å². The van der Waals surface area contributed by atoms with Gasteiger partial charge >= 0.3 is 0 Å². The Morgan fingerprint density at radius 2 is 0.981 bits per heavy atom. The summed E-state index contributed by atoms with van der Waals surface area (Å²) >= 11 is 0. The number of rotatable bonds is 14. The summed E-state index contributed by atoms with van der Waals surface area (Å²) in [7, 11) is 0. The Morgan fingerprint density at radius 3 is 1.38 bits per heavy atom. The quantitative estimate of drug-likeness (QED) is 0.114. The van der Waals surface area contributed by atoms with Crippen molar-refractivity contribution in [2.45, 2.75) is 46.3 Å². The van der Waals surface area contributed by atoms with Gasteiger partial charge in [0.1, 0.15) is 11.5 Å². The molecule has 0 unspecified atom stereocenters. The van der Waals surface area contributed by atoms with E-state index in [1.54, 1.807) is 12.1 Å². The molecule has 13 nitrogen and oxygen atoms in total. The van der Waals surface area contributed by atoms with Crippen molar-refractivity contribution in [2.24, 2.45) is 11.8 Å². The van der Waals surface area contributed by atoms with Crippen LogP contribution in [0.5, 0.6) is 11.5 Å². The first-order valence-electron chi connectivity index (χ1n) is 18.0. The van der Waals surface area contributed by atoms with Crippen LogP contribution in [0.3, 0.4) is 0 Å². The van der Waals surface area contributed by atoms with Crippen molar-refractivity contribution in [3.63, 3.8) is 0 Å². The molecule has 0 spiro atoms. The minimum atomic E-state index is -0.996. The van der Waals surface area contributed by atoms with Crippen LogP contribution in [-0.4, -0.2) is 123 Å². The van der Waals surface area contributed by atoms with Gasteiger partial charge in [-0.3, -0.25) is 24.3 Å². The zero-order valence-corrected chi connectivity index (χ0v) is 30.3. The Labute approximate surface area is 306 Å². The standard InChI is InChI=1S/C39H55N5O8/c1-27-16-30(36(49)34(18-27)40-38(51)32(23-45)24-46)21-42-10-6-12-43(20-29-8-4-3-5-9-29)14-15-44(13-7-11-42)22-31-17-28(2)19-35(37(31)50)41-39(52)33(25-47)26-48/h3-5,8-9,16-19,32-33,45-50H,6-7,10-15,20-26H2,1-2H3,(H,40,51)(H,41,52). The molecule has 4 rings (SSSR count). The molecule has 2 amide bonds. The number of aryl methyl sites for hydroxylation is 2. The average molecular weight is 722 g/mol. The first kappa shape index (κ1) is 40.7. The Balaban J connectivity index is 1.55. The molecule has 1 heterocycles. The molecule has 0 atom stereocenters. The number of nitrogens with zero attached hydrogens (tertiary/aromatic N) is 3. The molecule has 284 valence electrons. The molecule has 0 radical (unpaired) electrons. The molecule has 1 aliphatic rings. The Bertz CT molecular complexity index is 1600. The zero-order valence-electron chi connectivity index (χ0n) is 30.3. The lowest BCUT2D eigenvalue weighted by atomic mass is 10.1. The molecule has 1 fully saturated rings. The number of aliphatic hydroxyl groups is 4.